The van der Waals surface area contributed by atoms with Gasteiger partial charge in [-0.05, 0) is 43.2 Å². The van der Waals surface area contributed by atoms with Crippen molar-refractivity contribution in [3.8, 4) is 6.07 Å². The topological polar surface area (TPSA) is 52.3 Å². The molecule has 0 fully saturated rings. The minimum Gasteiger partial charge on any atom is -0.248 e. The zero-order chi connectivity index (χ0) is 17.0. The molecular weight excluding hydrogens is 355 g/mol. The number of halogens is 3. The maximum absolute atomic E-state index is 9.05. The second-order valence-electron chi connectivity index (χ2n) is 4.71. The van der Waals surface area contributed by atoms with Gasteiger partial charge in [-0.2, -0.15) is 10.4 Å². The molecule has 0 spiro atoms. The van der Waals surface area contributed by atoms with Crippen LogP contribution in [0.1, 0.15) is 23.6 Å². The molecule has 0 saturated carbocycles. The summed E-state index contributed by atoms with van der Waals surface area (Å²) in [6.45, 7) is 4.34. The van der Waals surface area contributed by atoms with Gasteiger partial charge >= 0.3 is 0 Å². The van der Waals surface area contributed by atoms with Crippen LogP contribution < -0.4 is 5.01 Å². The zero-order valence-corrected chi connectivity index (χ0v) is 14.8. The van der Waals surface area contributed by atoms with Crippen LogP contribution in [0.2, 0.25) is 15.2 Å². The molecule has 0 saturated heterocycles. The van der Waals surface area contributed by atoms with E-state index in [1.54, 1.807) is 29.4 Å². The third-order valence-electron chi connectivity index (χ3n) is 3.12. The average Bonchev–Trinajstić information content (AvgIpc) is 2.51. The molecule has 1 aromatic carbocycles. The van der Waals surface area contributed by atoms with Crippen LogP contribution in [0.25, 0.3) is 0 Å². The van der Waals surface area contributed by atoms with Crippen LogP contribution in [0.3, 0.4) is 0 Å². The summed E-state index contributed by atoms with van der Waals surface area (Å²) in [6, 6.07) is 9.07. The van der Waals surface area contributed by atoms with Crippen LogP contribution in [0.15, 0.2) is 29.4 Å². The molecule has 0 aliphatic rings. The summed E-state index contributed by atoms with van der Waals surface area (Å²) >= 11 is 17.9. The minimum atomic E-state index is 0.172. The van der Waals surface area contributed by atoms with Crippen molar-refractivity contribution in [3.63, 3.8) is 0 Å². The second-order valence-corrected chi connectivity index (χ2v) is 5.88. The first kappa shape index (κ1) is 17.6. The molecule has 23 heavy (non-hydrogen) atoms. The number of nitriles is 1. The number of pyridine rings is 1. The van der Waals surface area contributed by atoms with Crippen molar-refractivity contribution in [1.29, 1.82) is 5.26 Å². The molecule has 4 nitrogen and oxygen atoms in total. The average molecular weight is 368 g/mol. The highest BCUT2D eigenvalue weighted by Crippen LogP contribution is 2.24. The highest BCUT2D eigenvalue weighted by molar-refractivity contribution is 6.42. The molecule has 0 bridgehead atoms. The summed E-state index contributed by atoms with van der Waals surface area (Å²) in [4.78, 5) is 4.23. The van der Waals surface area contributed by atoms with Crippen LogP contribution in [-0.4, -0.2) is 17.7 Å². The summed E-state index contributed by atoms with van der Waals surface area (Å²) in [7, 11) is 0. The number of hydrazone groups is 1. The molecule has 0 atom stereocenters. The van der Waals surface area contributed by atoms with Gasteiger partial charge in [0.05, 0.1) is 21.8 Å². The Bertz CT molecular complexity index is 773. The van der Waals surface area contributed by atoms with Gasteiger partial charge in [0.2, 0.25) is 0 Å². The van der Waals surface area contributed by atoms with Crippen molar-refractivity contribution in [3.05, 3.63) is 56.2 Å². The predicted octanol–water partition coefficient (Wildman–Crippen LogP) is 5.08. The standard InChI is InChI=1S/C16H13Cl3N4/c1-3-23(15-6-10(2)12(8-20)16(19)22-15)21-9-11-4-5-13(17)14(18)7-11/h4-7,9H,3H2,1-2H3/b21-9+. The van der Waals surface area contributed by atoms with Crippen LogP contribution in [0.5, 0.6) is 0 Å². The van der Waals surface area contributed by atoms with Gasteiger partial charge in [-0.1, -0.05) is 40.9 Å². The van der Waals surface area contributed by atoms with E-state index in [1.807, 2.05) is 26.0 Å². The Kier molecular flexibility index (Phi) is 5.84. The fourth-order valence-electron chi connectivity index (χ4n) is 1.92. The molecule has 0 radical (unpaired) electrons. The summed E-state index contributed by atoms with van der Waals surface area (Å²) < 4.78 is 0. The number of hydrogen-bond donors (Lipinski definition) is 0. The Morgan fingerprint density at radius 1 is 1.26 bits per heavy atom. The lowest BCUT2D eigenvalue weighted by molar-refractivity contribution is 0.871. The number of anilines is 1. The first-order valence-corrected chi connectivity index (χ1v) is 7.93. The maximum atomic E-state index is 9.05. The third-order valence-corrected chi connectivity index (χ3v) is 4.14. The van der Waals surface area contributed by atoms with Gasteiger partial charge in [-0.3, -0.25) is 0 Å². The normalized spacial score (nSPS) is 10.8. The molecule has 0 unspecified atom stereocenters. The summed E-state index contributed by atoms with van der Waals surface area (Å²) in [5.74, 6) is 0.574. The number of rotatable bonds is 4. The van der Waals surface area contributed by atoms with Gasteiger partial charge in [-0.25, -0.2) is 9.99 Å². The van der Waals surface area contributed by atoms with Gasteiger partial charge in [-0.15, -0.1) is 0 Å². The zero-order valence-electron chi connectivity index (χ0n) is 12.5. The number of hydrogen-bond acceptors (Lipinski definition) is 4. The lowest BCUT2D eigenvalue weighted by Gasteiger charge is -2.17. The quantitative estimate of drug-likeness (QED) is 0.430. The Balaban J connectivity index is 2.31. The Hall–Kier alpha value is -1.80. The van der Waals surface area contributed by atoms with E-state index in [9.17, 15) is 0 Å². The molecule has 2 rings (SSSR count). The molecular formula is C16H13Cl3N4. The largest absolute Gasteiger partial charge is 0.248 e. The number of aromatic nitrogens is 1. The molecule has 0 aliphatic heterocycles. The van der Waals surface area contributed by atoms with E-state index in [-0.39, 0.29) is 5.15 Å². The van der Waals surface area contributed by atoms with Crippen molar-refractivity contribution in [2.24, 2.45) is 5.10 Å². The molecule has 0 amide bonds. The van der Waals surface area contributed by atoms with E-state index in [0.29, 0.717) is 28.0 Å². The summed E-state index contributed by atoms with van der Waals surface area (Å²) in [5.41, 5.74) is 1.94. The van der Waals surface area contributed by atoms with Crippen molar-refractivity contribution in [1.82, 2.24) is 4.98 Å². The molecule has 7 heteroatoms. The van der Waals surface area contributed by atoms with Crippen molar-refractivity contribution in [2.75, 3.05) is 11.6 Å². The predicted molar refractivity (Wildman–Crippen MR) is 95.8 cm³/mol. The highest BCUT2D eigenvalue weighted by Gasteiger charge is 2.11. The van der Waals surface area contributed by atoms with Gasteiger partial charge in [0.25, 0.3) is 0 Å². The maximum Gasteiger partial charge on any atom is 0.150 e. The van der Waals surface area contributed by atoms with E-state index in [4.69, 9.17) is 40.1 Å². The lowest BCUT2D eigenvalue weighted by Crippen LogP contribution is -2.17. The fourth-order valence-corrected chi connectivity index (χ4v) is 2.50. The molecule has 118 valence electrons. The first-order valence-electron chi connectivity index (χ1n) is 6.80. The minimum absolute atomic E-state index is 0.172. The number of nitrogens with zero attached hydrogens (tertiary/aromatic N) is 4. The summed E-state index contributed by atoms with van der Waals surface area (Å²) in [6.07, 6.45) is 1.66. The molecule has 0 aliphatic carbocycles. The van der Waals surface area contributed by atoms with Crippen LogP contribution >= 0.6 is 34.8 Å². The van der Waals surface area contributed by atoms with Crippen molar-refractivity contribution in [2.45, 2.75) is 13.8 Å². The van der Waals surface area contributed by atoms with E-state index in [2.05, 4.69) is 10.1 Å². The van der Waals surface area contributed by atoms with Crippen LogP contribution in [0.4, 0.5) is 5.82 Å². The molecule has 1 aromatic heterocycles. The third kappa shape index (κ3) is 4.14. The van der Waals surface area contributed by atoms with E-state index < -0.39 is 0 Å². The van der Waals surface area contributed by atoms with Gasteiger partial charge < -0.3 is 0 Å². The van der Waals surface area contributed by atoms with Crippen LogP contribution in [-0.2, 0) is 0 Å². The monoisotopic (exact) mass is 366 g/mol. The van der Waals surface area contributed by atoms with E-state index in [0.717, 1.165) is 11.1 Å². The van der Waals surface area contributed by atoms with E-state index >= 15 is 0 Å². The lowest BCUT2D eigenvalue weighted by atomic mass is 10.2. The first-order chi connectivity index (χ1) is 11.0. The molecule has 2 aromatic rings. The van der Waals surface area contributed by atoms with Crippen molar-refractivity contribution < 1.29 is 0 Å². The Labute approximate surface area is 149 Å². The van der Waals surface area contributed by atoms with Gasteiger partial charge in [0.1, 0.15) is 11.2 Å². The smallest absolute Gasteiger partial charge is 0.150 e. The van der Waals surface area contributed by atoms with Gasteiger partial charge in [0, 0.05) is 6.54 Å². The van der Waals surface area contributed by atoms with E-state index in [1.165, 1.54) is 0 Å². The van der Waals surface area contributed by atoms with Gasteiger partial charge in [0.15, 0.2) is 5.82 Å². The molecule has 1 heterocycles. The fraction of sp³-hybridized carbons (Fsp3) is 0.188. The SMILES string of the molecule is CCN(/N=C/c1ccc(Cl)c(Cl)c1)c1cc(C)c(C#N)c(Cl)n1. The Morgan fingerprint density at radius 3 is 2.57 bits per heavy atom. The van der Waals surface area contributed by atoms with Crippen molar-refractivity contribution >= 4 is 46.8 Å². The Morgan fingerprint density at radius 2 is 2.00 bits per heavy atom. The van der Waals surface area contributed by atoms with Crippen LogP contribution in [0, 0.1) is 18.3 Å². The summed E-state index contributed by atoms with van der Waals surface area (Å²) in [5, 5.41) is 16.3. The molecule has 0 N–H and O–H groups in total. The number of aryl methyl sites for hydroxylation is 1. The highest BCUT2D eigenvalue weighted by atomic mass is 35.5. The second kappa shape index (κ2) is 7.65. The number of benzene rings is 1.